The van der Waals surface area contributed by atoms with E-state index in [-0.39, 0.29) is 11.6 Å². The van der Waals surface area contributed by atoms with Gasteiger partial charge in [0.2, 0.25) is 0 Å². The quantitative estimate of drug-likeness (QED) is 0.406. The van der Waals surface area contributed by atoms with Gasteiger partial charge in [0.15, 0.2) is 0 Å². The van der Waals surface area contributed by atoms with E-state index in [9.17, 15) is 14.9 Å². The molecule has 0 saturated carbocycles. The topological polar surface area (TPSA) is 102 Å². The van der Waals surface area contributed by atoms with Crippen molar-refractivity contribution in [3.8, 4) is 0 Å². The number of hydrogen-bond donors (Lipinski definition) is 2. The predicted molar refractivity (Wildman–Crippen MR) is 99.4 cm³/mol. The van der Waals surface area contributed by atoms with Crippen LogP contribution in [0, 0.1) is 24.0 Å². The number of rotatable bonds is 9. The number of nitrogens with one attached hydrogen (secondary N) is 2. The summed E-state index contributed by atoms with van der Waals surface area (Å²) < 4.78 is 1.61. The zero-order valence-electron chi connectivity index (χ0n) is 15.4. The molecule has 0 aliphatic rings. The maximum Gasteiger partial charge on any atom is 0.312 e. The van der Waals surface area contributed by atoms with Crippen molar-refractivity contribution in [3.05, 3.63) is 56.9 Å². The first kappa shape index (κ1) is 19.6. The summed E-state index contributed by atoms with van der Waals surface area (Å²) in [5, 5.41) is 21.4. The number of aryl methyl sites for hydroxylation is 1. The summed E-state index contributed by atoms with van der Waals surface area (Å²) in [6, 6.07) is 7.19. The molecule has 140 valence electrons. The number of amides is 1. The van der Waals surface area contributed by atoms with Gasteiger partial charge in [-0.3, -0.25) is 19.6 Å². The molecule has 2 N–H and O–H groups in total. The van der Waals surface area contributed by atoms with Crippen LogP contribution in [0.4, 0.5) is 5.69 Å². The number of aromatic nitrogens is 2. The molecule has 1 heterocycles. The maximum absolute atomic E-state index is 12.1. The van der Waals surface area contributed by atoms with Crippen molar-refractivity contribution in [2.45, 2.75) is 33.7 Å². The zero-order chi connectivity index (χ0) is 19.1. The van der Waals surface area contributed by atoms with Crippen LogP contribution in [0.1, 0.15) is 40.7 Å². The summed E-state index contributed by atoms with van der Waals surface area (Å²) in [5.41, 5.74) is 2.49. The zero-order valence-corrected chi connectivity index (χ0v) is 15.4. The normalized spacial score (nSPS) is 10.7. The Balaban J connectivity index is 1.96. The van der Waals surface area contributed by atoms with Gasteiger partial charge in [-0.25, -0.2) is 0 Å². The molecular formula is C18H25N5O3. The fraction of sp³-hybridized carbons (Fsp3) is 0.444. The molecule has 1 aromatic carbocycles. The van der Waals surface area contributed by atoms with Gasteiger partial charge in [0.1, 0.15) is 11.4 Å². The summed E-state index contributed by atoms with van der Waals surface area (Å²) in [6.45, 7) is 8.09. The third kappa shape index (κ3) is 4.89. The molecule has 26 heavy (non-hydrogen) atoms. The lowest BCUT2D eigenvalue weighted by atomic mass is 10.1. The predicted octanol–water partition coefficient (Wildman–Crippen LogP) is 2.19. The lowest BCUT2D eigenvalue weighted by Crippen LogP contribution is -2.32. The largest absolute Gasteiger partial charge is 0.351 e. The molecule has 1 aromatic heterocycles. The minimum Gasteiger partial charge on any atom is -0.351 e. The molecule has 0 radical (unpaired) electrons. The van der Waals surface area contributed by atoms with Crippen LogP contribution < -0.4 is 10.6 Å². The molecule has 2 rings (SSSR count). The molecule has 0 aliphatic carbocycles. The van der Waals surface area contributed by atoms with Crippen LogP contribution in [-0.4, -0.2) is 40.2 Å². The van der Waals surface area contributed by atoms with Gasteiger partial charge in [-0.1, -0.05) is 19.1 Å². The van der Waals surface area contributed by atoms with Gasteiger partial charge >= 0.3 is 5.69 Å². The van der Waals surface area contributed by atoms with Crippen LogP contribution >= 0.6 is 0 Å². The van der Waals surface area contributed by atoms with E-state index >= 15 is 0 Å². The first-order valence-electron chi connectivity index (χ1n) is 8.70. The Bertz CT molecular complexity index is 768. The lowest BCUT2D eigenvalue weighted by molar-refractivity contribution is -0.386. The second-order valence-electron chi connectivity index (χ2n) is 6.14. The first-order valence-corrected chi connectivity index (χ1v) is 8.70. The maximum atomic E-state index is 12.1. The highest BCUT2D eigenvalue weighted by Gasteiger charge is 2.21. The highest BCUT2D eigenvalue weighted by molar-refractivity contribution is 5.94. The Labute approximate surface area is 152 Å². The summed E-state index contributed by atoms with van der Waals surface area (Å²) in [6.07, 6.45) is 1.06. The summed E-state index contributed by atoms with van der Waals surface area (Å²) in [7, 11) is 0. The SMILES string of the molecule is CCCNCCNC(=O)c1ccc(Cn2nc(C)c([N+](=O)[O-])c2C)cc1. The van der Waals surface area contributed by atoms with Gasteiger partial charge in [-0.05, 0) is 44.5 Å². The highest BCUT2D eigenvalue weighted by Crippen LogP contribution is 2.22. The van der Waals surface area contributed by atoms with Crippen LogP contribution in [0.2, 0.25) is 0 Å². The lowest BCUT2D eigenvalue weighted by Gasteiger charge is -2.08. The second kappa shape index (κ2) is 9.10. The number of carbonyl (C=O) groups excluding carboxylic acids is 1. The number of nitro groups is 1. The third-order valence-electron chi connectivity index (χ3n) is 4.09. The van der Waals surface area contributed by atoms with Crippen LogP contribution in [0.3, 0.4) is 0 Å². The van der Waals surface area contributed by atoms with Crippen molar-refractivity contribution in [3.63, 3.8) is 0 Å². The van der Waals surface area contributed by atoms with Crippen molar-refractivity contribution in [2.75, 3.05) is 19.6 Å². The van der Waals surface area contributed by atoms with E-state index in [0.717, 1.165) is 25.1 Å². The Morgan fingerprint density at radius 1 is 1.19 bits per heavy atom. The van der Waals surface area contributed by atoms with E-state index in [0.29, 0.717) is 30.0 Å². The second-order valence-corrected chi connectivity index (χ2v) is 6.14. The smallest absolute Gasteiger partial charge is 0.312 e. The number of nitrogens with zero attached hydrogens (tertiary/aromatic N) is 3. The van der Waals surface area contributed by atoms with Gasteiger partial charge < -0.3 is 10.6 Å². The van der Waals surface area contributed by atoms with E-state index in [4.69, 9.17) is 0 Å². The van der Waals surface area contributed by atoms with Crippen molar-refractivity contribution in [2.24, 2.45) is 0 Å². The number of carbonyl (C=O) groups is 1. The van der Waals surface area contributed by atoms with Gasteiger partial charge in [-0.2, -0.15) is 5.10 Å². The van der Waals surface area contributed by atoms with Crippen LogP contribution in [0.15, 0.2) is 24.3 Å². The Kier molecular flexibility index (Phi) is 6.85. The average Bonchev–Trinajstić information content (AvgIpc) is 2.88. The van der Waals surface area contributed by atoms with Crippen LogP contribution in [-0.2, 0) is 6.54 Å². The van der Waals surface area contributed by atoms with Crippen molar-refractivity contribution < 1.29 is 9.72 Å². The highest BCUT2D eigenvalue weighted by atomic mass is 16.6. The molecule has 8 heteroatoms. The first-order chi connectivity index (χ1) is 12.4. The van der Waals surface area contributed by atoms with Crippen LogP contribution in [0.25, 0.3) is 0 Å². The Morgan fingerprint density at radius 2 is 1.88 bits per heavy atom. The van der Waals surface area contributed by atoms with E-state index < -0.39 is 4.92 Å². The molecule has 0 fully saturated rings. The standard InChI is InChI=1S/C18H25N5O3/c1-4-9-19-10-11-20-18(24)16-7-5-15(6-8-16)12-22-14(3)17(23(25)26)13(2)21-22/h5-8,19H,4,9-12H2,1-3H3,(H,20,24). The molecule has 0 spiro atoms. The molecule has 0 unspecified atom stereocenters. The fourth-order valence-electron chi connectivity index (χ4n) is 2.71. The van der Waals surface area contributed by atoms with E-state index in [1.807, 2.05) is 12.1 Å². The third-order valence-corrected chi connectivity index (χ3v) is 4.09. The fourth-order valence-corrected chi connectivity index (χ4v) is 2.71. The van der Waals surface area contributed by atoms with Crippen molar-refractivity contribution in [1.82, 2.24) is 20.4 Å². The monoisotopic (exact) mass is 359 g/mol. The number of benzene rings is 1. The minimum atomic E-state index is -0.406. The molecule has 1 amide bonds. The molecule has 0 atom stereocenters. The van der Waals surface area contributed by atoms with Crippen molar-refractivity contribution >= 4 is 11.6 Å². The molecule has 8 nitrogen and oxygen atoms in total. The van der Waals surface area contributed by atoms with Gasteiger partial charge in [0.05, 0.1) is 11.5 Å². The molecule has 0 aliphatic heterocycles. The summed E-state index contributed by atoms with van der Waals surface area (Å²) in [4.78, 5) is 22.8. The number of hydrogen-bond acceptors (Lipinski definition) is 5. The molecule has 0 saturated heterocycles. The Morgan fingerprint density at radius 3 is 2.46 bits per heavy atom. The average molecular weight is 359 g/mol. The molecule has 2 aromatic rings. The van der Waals surface area contributed by atoms with Gasteiger partial charge in [0, 0.05) is 18.7 Å². The van der Waals surface area contributed by atoms with Gasteiger partial charge in [-0.15, -0.1) is 0 Å². The van der Waals surface area contributed by atoms with Crippen LogP contribution in [0.5, 0.6) is 0 Å². The van der Waals surface area contributed by atoms with Crippen molar-refractivity contribution in [1.29, 1.82) is 0 Å². The minimum absolute atomic E-state index is 0.0534. The molecular weight excluding hydrogens is 334 g/mol. The summed E-state index contributed by atoms with van der Waals surface area (Å²) in [5.74, 6) is -0.114. The Hall–Kier alpha value is -2.74. The van der Waals surface area contributed by atoms with Gasteiger partial charge in [0.25, 0.3) is 5.91 Å². The summed E-state index contributed by atoms with van der Waals surface area (Å²) >= 11 is 0. The van der Waals surface area contributed by atoms with E-state index in [1.165, 1.54) is 0 Å². The van der Waals surface area contributed by atoms with E-state index in [1.54, 1.807) is 30.7 Å². The van der Waals surface area contributed by atoms with E-state index in [2.05, 4.69) is 22.7 Å². The molecule has 0 bridgehead atoms.